The van der Waals surface area contributed by atoms with Gasteiger partial charge in [-0.15, -0.1) is 12.4 Å². The van der Waals surface area contributed by atoms with E-state index in [1.54, 1.807) is 0 Å². The smallest absolute Gasteiger partial charge is 0.418 e. The van der Waals surface area contributed by atoms with Crippen LogP contribution in [0.5, 0.6) is 0 Å². The molecule has 0 unspecified atom stereocenters. The van der Waals surface area contributed by atoms with Crippen molar-refractivity contribution in [3.05, 3.63) is 28.3 Å². The van der Waals surface area contributed by atoms with E-state index in [0.29, 0.717) is 6.07 Å². The molecular formula is C8H6Cl2F3NO2. The number of hydrogen-bond donors (Lipinski definition) is 2. The average molecular weight is 276 g/mol. The summed E-state index contributed by atoms with van der Waals surface area (Å²) in [6.07, 6.45) is -4.72. The van der Waals surface area contributed by atoms with Crippen molar-refractivity contribution in [2.24, 2.45) is 0 Å². The number of hydrogen-bond acceptors (Lipinski definition) is 2. The molecule has 8 heteroatoms. The molecule has 0 bridgehead atoms. The molecule has 0 heterocycles. The van der Waals surface area contributed by atoms with E-state index in [4.69, 9.17) is 22.4 Å². The summed E-state index contributed by atoms with van der Waals surface area (Å²) >= 11 is 5.35. The molecule has 0 amide bonds. The molecule has 1 aromatic rings. The minimum Gasteiger partial charge on any atom is -0.478 e. The van der Waals surface area contributed by atoms with Crippen molar-refractivity contribution in [3.8, 4) is 0 Å². The van der Waals surface area contributed by atoms with E-state index in [-0.39, 0.29) is 17.4 Å². The number of anilines is 1. The number of nitrogen functional groups attached to an aromatic ring is 1. The number of rotatable bonds is 1. The van der Waals surface area contributed by atoms with E-state index >= 15 is 0 Å². The van der Waals surface area contributed by atoms with Crippen LogP contribution < -0.4 is 5.73 Å². The Morgan fingerprint density at radius 2 is 1.88 bits per heavy atom. The number of aromatic carboxylic acids is 1. The molecule has 16 heavy (non-hydrogen) atoms. The lowest BCUT2D eigenvalue weighted by molar-refractivity contribution is -0.136. The van der Waals surface area contributed by atoms with Gasteiger partial charge in [0, 0.05) is 5.02 Å². The number of benzene rings is 1. The first-order chi connectivity index (χ1) is 6.73. The minimum atomic E-state index is -4.72. The third-order valence-electron chi connectivity index (χ3n) is 1.68. The fraction of sp³-hybridized carbons (Fsp3) is 0.125. The van der Waals surface area contributed by atoms with Gasteiger partial charge in [-0.05, 0) is 12.1 Å². The van der Waals surface area contributed by atoms with Crippen molar-refractivity contribution < 1.29 is 23.1 Å². The Morgan fingerprint density at radius 1 is 1.38 bits per heavy atom. The first kappa shape index (κ1) is 14.9. The van der Waals surface area contributed by atoms with Gasteiger partial charge < -0.3 is 10.8 Å². The molecule has 1 aromatic carbocycles. The molecule has 0 aromatic heterocycles. The summed E-state index contributed by atoms with van der Waals surface area (Å²) < 4.78 is 37.0. The normalized spacial score (nSPS) is 10.8. The van der Waals surface area contributed by atoms with Gasteiger partial charge >= 0.3 is 12.1 Å². The fourth-order valence-corrected chi connectivity index (χ4v) is 1.25. The van der Waals surface area contributed by atoms with E-state index < -0.39 is 29.0 Å². The third-order valence-corrected chi connectivity index (χ3v) is 1.90. The molecule has 0 fully saturated rings. The van der Waals surface area contributed by atoms with Gasteiger partial charge in [-0.2, -0.15) is 13.2 Å². The average Bonchev–Trinajstić information content (AvgIpc) is 2.06. The van der Waals surface area contributed by atoms with E-state index in [1.165, 1.54) is 0 Å². The standard InChI is InChI=1S/C8H5ClF3NO2.ClH/c9-3-1-4(7(14)15)6(13)5(2-3)8(10,11)12;/h1-2H,13H2,(H,14,15);1H. The highest BCUT2D eigenvalue weighted by atomic mass is 35.5. The highest BCUT2D eigenvalue weighted by Crippen LogP contribution is 2.37. The van der Waals surface area contributed by atoms with Crippen molar-refractivity contribution in [3.63, 3.8) is 0 Å². The molecule has 3 N–H and O–H groups in total. The van der Waals surface area contributed by atoms with Gasteiger partial charge in [-0.1, -0.05) is 11.6 Å². The second-order valence-corrected chi connectivity index (χ2v) is 3.15. The van der Waals surface area contributed by atoms with Crippen LogP contribution in [0.2, 0.25) is 5.02 Å². The topological polar surface area (TPSA) is 63.3 Å². The van der Waals surface area contributed by atoms with Crippen molar-refractivity contribution in [2.75, 3.05) is 5.73 Å². The first-order valence-electron chi connectivity index (χ1n) is 3.63. The zero-order chi connectivity index (χ0) is 11.8. The number of alkyl halides is 3. The molecule has 0 radical (unpaired) electrons. The van der Waals surface area contributed by atoms with Gasteiger partial charge in [-0.3, -0.25) is 0 Å². The van der Waals surface area contributed by atoms with E-state index in [9.17, 15) is 18.0 Å². The molecule has 90 valence electrons. The highest BCUT2D eigenvalue weighted by molar-refractivity contribution is 6.31. The van der Waals surface area contributed by atoms with Crippen LogP contribution in [-0.4, -0.2) is 11.1 Å². The number of carboxylic acids is 1. The Hall–Kier alpha value is -1.14. The van der Waals surface area contributed by atoms with Crippen LogP contribution in [0.3, 0.4) is 0 Å². The zero-order valence-electron chi connectivity index (χ0n) is 7.51. The van der Waals surface area contributed by atoms with Crippen LogP contribution in [-0.2, 0) is 6.18 Å². The summed E-state index contributed by atoms with van der Waals surface area (Å²) in [5.41, 5.74) is 2.35. The Morgan fingerprint density at radius 3 is 2.25 bits per heavy atom. The lowest BCUT2D eigenvalue weighted by atomic mass is 10.1. The van der Waals surface area contributed by atoms with Crippen LogP contribution in [0.1, 0.15) is 15.9 Å². The van der Waals surface area contributed by atoms with E-state index in [1.807, 2.05) is 0 Å². The Kier molecular flexibility index (Phi) is 4.45. The van der Waals surface area contributed by atoms with Gasteiger partial charge in [0.25, 0.3) is 0 Å². The molecule has 0 aliphatic carbocycles. The Labute approximate surface area is 99.4 Å². The van der Waals surface area contributed by atoms with E-state index in [0.717, 1.165) is 6.07 Å². The molecule has 0 aliphatic heterocycles. The molecule has 3 nitrogen and oxygen atoms in total. The van der Waals surface area contributed by atoms with Crippen molar-refractivity contribution in [1.29, 1.82) is 0 Å². The van der Waals surface area contributed by atoms with Crippen LogP contribution in [0.4, 0.5) is 18.9 Å². The van der Waals surface area contributed by atoms with E-state index in [2.05, 4.69) is 0 Å². The predicted molar refractivity (Wildman–Crippen MR) is 55.1 cm³/mol. The number of carboxylic acid groups (broad SMARTS) is 1. The fourth-order valence-electron chi connectivity index (χ4n) is 1.03. The minimum absolute atomic E-state index is 0. The van der Waals surface area contributed by atoms with Gasteiger partial charge in [0.05, 0.1) is 16.8 Å². The van der Waals surface area contributed by atoms with Crippen LogP contribution in [0.25, 0.3) is 0 Å². The number of halogens is 5. The van der Waals surface area contributed by atoms with Gasteiger partial charge in [0.1, 0.15) is 0 Å². The maximum absolute atomic E-state index is 12.3. The number of carbonyl (C=O) groups is 1. The molecule has 0 saturated carbocycles. The third kappa shape index (κ3) is 2.93. The van der Waals surface area contributed by atoms with Gasteiger partial charge in [0.15, 0.2) is 0 Å². The summed E-state index contributed by atoms with van der Waals surface area (Å²) in [6.45, 7) is 0. The summed E-state index contributed by atoms with van der Waals surface area (Å²) in [5, 5.41) is 8.25. The van der Waals surface area contributed by atoms with Crippen molar-refractivity contribution in [1.82, 2.24) is 0 Å². The first-order valence-corrected chi connectivity index (χ1v) is 4.01. The predicted octanol–water partition coefficient (Wildman–Crippen LogP) is 3.06. The second kappa shape index (κ2) is 4.80. The summed E-state index contributed by atoms with van der Waals surface area (Å²) in [6, 6.07) is 1.46. The Bertz CT molecular complexity index is 420. The Balaban J connectivity index is 0.00000225. The summed E-state index contributed by atoms with van der Waals surface area (Å²) in [5.74, 6) is -1.56. The lowest BCUT2D eigenvalue weighted by Gasteiger charge is -2.12. The second-order valence-electron chi connectivity index (χ2n) is 2.72. The quantitative estimate of drug-likeness (QED) is 0.775. The molecule has 0 spiro atoms. The molecule has 0 saturated heterocycles. The largest absolute Gasteiger partial charge is 0.478 e. The summed E-state index contributed by atoms with van der Waals surface area (Å²) in [7, 11) is 0. The lowest BCUT2D eigenvalue weighted by Crippen LogP contribution is -2.13. The summed E-state index contributed by atoms with van der Waals surface area (Å²) in [4.78, 5) is 10.5. The van der Waals surface area contributed by atoms with Crippen molar-refractivity contribution >= 4 is 35.7 Å². The van der Waals surface area contributed by atoms with Crippen LogP contribution in [0.15, 0.2) is 12.1 Å². The molecule has 0 aliphatic rings. The van der Waals surface area contributed by atoms with Crippen LogP contribution in [0, 0.1) is 0 Å². The number of nitrogens with two attached hydrogens (primary N) is 1. The highest BCUT2D eigenvalue weighted by Gasteiger charge is 2.35. The maximum Gasteiger partial charge on any atom is 0.418 e. The molecule has 1 rings (SSSR count). The molecular weight excluding hydrogens is 270 g/mol. The monoisotopic (exact) mass is 275 g/mol. The maximum atomic E-state index is 12.3. The van der Waals surface area contributed by atoms with Gasteiger partial charge in [-0.25, -0.2) is 4.79 Å². The van der Waals surface area contributed by atoms with Gasteiger partial charge in [0.2, 0.25) is 0 Å². The molecule has 0 atom stereocenters. The van der Waals surface area contributed by atoms with Crippen molar-refractivity contribution in [2.45, 2.75) is 6.18 Å². The zero-order valence-corrected chi connectivity index (χ0v) is 9.08. The van der Waals surface area contributed by atoms with Crippen LogP contribution >= 0.6 is 24.0 Å². The SMILES string of the molecule is Cl.Nc1c(C(=O)O)cc(Cl)cc1C(F)(F)F.